The van der Waals surface area contributed by atoms with Crippen molar-refractivity contribution in [3.63, 3.8) is 0 Å². The Kier molecular flexibility index (Phi) is 6.56. The molecule has 7 heteroatoms. The first-order valence-corrected chi connectivity index (χ1v) is 12.6. The van der Waals surface area contributed by atoms with Gasteiger partial charge < -0.3 is 4.90 Å². The molecule has 0 radical (unpaired) electrons. The summed E-state index contributed by atoms with van der Waals surface area (Å²) in [7, 11) is -3.31. The fourth-order valence-corrected chi connectivity index (χ4v) is 6.68. The molecule has 0 unspecified atom stereocenters. The second-order valence-corrected chi connectivity index (χ2v) is 10.8. The Morgan fingerprint density at radius 3 is 2.31 bits per heavy atom. The topological polar surface area (TPSA) is 60.9 Å². The van der Waals surface area contributed by atoms with Crippen LogP contribution in [0.4, 0.5) is 0 Å². The van der Waals surface area contributed by atoms with Gasteiger partial charge in [-0.3, -0.25) is 9.69 Å². The maximum Gasteiger partial charge on any atom is 0.236 e. The summed E-state index contributed by atoms with van der Waals surface area (Å²) in [6.07, 6.45) is 6.43. The van der Waals surface area contributed by atoms with Gasteiger partial charge in [0.05, 0.1) is 12.3 Å². The van der Waals surface area contributed by atoms with Crippen LogP contribution in [-0.4, -0.2) is 74.2 Å². The zero-order valence-electron chi connectivity index (χ0n) is 17.2. The number of amides is 1. The number of fused-ring (bicyclic) bond motifs is 1. The largest absolute Gasteiger partial charge is 0.341 e. The summed E-state index contributed by atoms with van der Waals surface area (Å²) in [6, 6.07) is 9.32. The van der Waals surface area contributed by atoms with E-state index < -0.39 is 10.0 Å². The fourth-order valence-electron chi connectivity index (χ4n) is 5.16. The smallest absolute Gasteiger partial charge is 0.236 e. The van der Waals surface area contributed by atoms with Crippen molar-refractivity contribution in [2.75, 3.05) is 45.8 Å². The van der Waals surface area contributed by atoms with Crippen LogP contribution in [0.25, 0.3) is 0 Å². The quantitative estimate of drug-likeness (QED) is 0.734. The summed E-state index contributed by atoms with van der Waals surface area (Å²) in [5.74, 6) is 1.78. The first-order valence-electron chi connectivity index (χ1n) is 11.0. The van der Waals surface area contributed by atoms with Gasteiger partial charge in [-0.15, -0.1) is 0 Å². The predicted octanol–water partition coefficient (Wildman–Crippen LogP) is 2.17. The van der Waals surface area contributed by atoms with E-state index in [4.69, 9.17) is 0 Å². The lowest BCUT2D eigenvalue weighted by atomic mass is 9.75. The molecule has 6 nitrogen and oxygen atoms in total. The third-order valence-corrected chi connectivity index (χ3v) is 8.77. The van der Waals surface area contributed by atoms with Crippen molar-refractivity contribution in [1.29, 1.82) is 0 Å². The second-order valence-electron chi connectivity index (χ2n) is 8.85. The number of benzene rings is 1. The van der Waals surface area contributed by atoms with E-state index in [1.54, 1.807) is 4.31 Å². The Morgan fingerprint density at radius 1 is 0.897 bits per heavy atom. The molecule has 0 spiro atoms. The lowest BCUT2D eigenvalue weighted by molar-refractivity contribution is -0.135. The molecule has 29 heavy (non-hydrogen) atoms. The Morgan fingerprint density at radius 2 is 1.59 bits per heavy atom. The number of hydrogen-bond acceptors (Lipinski definition) is 4. The van der Waals surface area contributed by atoms with Gasteiger partial charge >= 0.3 is 0 Å². The highest BCUT2D eigenvalue weighted by Gasteiger charge is 2.34. The molecule has 3 fully saturated rings. The van der Waals surface area contributed by atoms with Gasteiger partial charge in [0, 0.05) is 39.3 Å². The maximum atomic E-state index is 12.8. The average molecular weight is 420 g/mol. The van der Waals surface area contributed by atoms with E-state index in [1.807, 2.05) is 30.3 Å². The molecule has 4 rings (SSSR count). The summed E-state index contributed by atoms with van der Waals surface area (Å²) in [5, 5.41) is 0. The molecule has 1 aromatic rings. The lowest BCUT2D eigenvalue weighted by Gasteiger charge is -2.42. The van der Waals surface area contributed by atoms with Crippen molar-refractivity contribution in [2.45, 2.75) is 37.9 Å². The first kappa shape index (κ1) is 20.8. The van der Waals surface area contributed by atoms with Crippen LogP contribution in [-0.2, 0) is 20.6 Å². The van der Waals surface area contributed by atoms with E-state index in [9.17, 15) is 13.2 Å². The summed E-state index contributed by atoms with van der Waals surface area (Å²) in [6.45, 7) is 4.42. The molecule has 1 saturated carbocycles. The number of rotatable bonds is 5. The molecule has 2 saturated heterocycles. The van der Waals surface area contributed by atoms with Gasteiger partial charge in [0.1, 0.15) is 0 Å². The Balaban J connectivity index is 1.25. The number of nitrogens with zero attached hydrogens (tertiary/aromatic N) is 3. The van der Waals surface area contributed by atoms with Gasteiger partial charge in [0.15, 0.2) is 0 Å². The highest BCUT2D eigenvalue weighted by molar-refractivity contribution is 7.88. The van der Waals surface area contributed by atoms with Crippen molar-refractivity contribution >= 4 is 15.9 Å². The third kappa shape index (κ3) is 5.19. The Labute approximate surface area is 174 Å². The SMILES string of the molecule is O=C(CN1CCN(S(=O)(=O)Cc2ccccc2)CC1)N1CC[C@@H]2CCCC[C@@H]2C1. The number of carbonyl (C=O) groups is 1. The third-order valence-electron chi connectivity index (χ3n) is 6.92. The van der Waals surface area contributed by atoms with Gasteiger partial charge in [-0.1, -0.05) is 49.6 Å². The maximum absolute atomic E-state index is 12.8. The van der Waals surface area contributed by atoms with Crippen LogP contribution in [0.1, 0.15) is 37.7 Å². The van der Waals surface area contributed by atoms with Gasteiger partial charge in [0.2, 0.25) is 15.9 Å². The molecule has 2 aliphatic heterocycles. The molecule has 160 valence electrons. The van der Waals surface area contributed by atoms with Crippen LogP contribution >= 0.6 is 0 Å². The van der Waals surface area contributed by atoms with Gasteiger partial charge in [-0.05, 0) is 30.2 Å². The Bertz CT molecular complexity index is 791. The summed E-state index contributed by atoms with van der Waals surface area (Å²) >= 11 is 0. The lowest BCUT2D eigenvalue weighted by Crippen LogP contribution is -2.53. The van der Waals surface area contributed by atoms with Crippen molar-refractivity contribution < 1.29 is 13.2 Å². The normalized spacial score (nSPS) is 26.8. The molecule has 0 aromatic heterocycles. The molecule has 0 bridgehead atoms. The molecule has 1 aliphatic carbocycles. The zero-order chi connectivity index (χ0) is 20.3. The highest BCUT2D eigenvalue weighted by Crippen LogP contribution is 2.36. The zero-order valence-corrected chi connectivity index (χ0v) is 18.0. The molecule has 2 heterocycles. The monoisotopic (exact) mass is 419 g/mol. The van der Waals surface area contributed by atoms with E-state index in [-0.39, 0.29) is 11.7 Å². The number of piperazine rings is 1. The number of piperidine rings is 1. The highest BCUT2D eigenvalue weighted by atomic mass is 32.2. The summed E-state index contributed by atoms with van der Waals surface area (Å²) in [5.41, 5.74) is 0.816. The van der Waals surface area contributed by atoms with Crippen molar-refractivity contribution in [1.82, 2.24) is 14.1 Å². The number of hydrogen-bond donors (Lipinski definition) is 0. The minimum absolute atomic E-state index is 0.0447. The van der Waals surface area contributed by atoms with Crippen LogP contribution in [0.2, 0.25) is 0 Å². The van der Waals surface area contributed by atoms with Gasteiger partial charge in [0.25, 0.3) is 0 Å². The molecule has 3 aliphatic rings. The van der Waals surface area contributed by atoms with E-state index in [2.05, 4.69) is 9.80 Å². The van der Waals surface area contributed by atoms with Gasteiger partial charge in [-0.25, -0.2) is 8.42 Å². The molecule has 0 N–H and O–H groups in total. The summed E-state index contributed by atoms with van der Waals surface area (Å²) < 4.78 is 27.0. The van der Waals surface area contributed by atoms with Crippen molar-refractivity contribution in [3.8, 4) is 0 Å². The van der Waals surface area contributed by atoms with E-state index in [0.29, 0.717) is 38.6 Å². The average Bonchev–Trinajstić information content (AvgIpc) is 2.74. The van der Waals surface area contributed by atoms with Crippen LogP contribution in [0.3, 0.4) is 0 Å². The molecular formula is C22H33N3O3S. The molecule has 1 amide bonds. The van der Waals surface area contributed by atoms with Gasteiger partial charge in [-0.2, -0.15) is 4.31 Å². The van der Waals surface area contributed by atoms with Crippen LogP contribution in [0.5, 0.6) is 0 Å². The Hall–Kier alpha value is -1.44. The van der Waals surface area contributed by atoms with Crippen molar-refractivity contribution in [2.24, 2.45) is 11.8 Å². The molecule has 2 atom stereocenters. The number of likely N-dealkylation sites (tertiary alicyclic amines) is 1. The number of sulfonamides is 1. The van der Waals surface area contributed by atoms with E-state index >= 15 is 0 Å². The van der Waals surface area contributed by atoms with Crippen LogP contribution in [0, 0.1) is 11.8 Å². The van der Waals surface area contributed by atoms with Crippen LogP contribution in [0.15, 0.2) is 30.3 Å². The standard InChI is InChI=1S/C22H33N3O3S/c26-22(24-11-10-20-8-4-5-9-21(20)16-24)17-23-12-14-25(15-13-23)29(27,28)18-19-6-2-1-3-7-19/h1-3,6-7,20-21H,4-5,8-18H2/t20-,21+/m0/s1. The van der Waals surface area contributed by atoms with Crippen molar-refractivity contribution in [3.05, 3.63) is 35.9 Å². The minimum Gasteiger partial charge on any atom is -0.341 e. The predicted molar refractivity (Wildman–Crippen MR) is 114 cm³/mol. The fraction of sp³-hybridized carbons (Fsp3) is 0.682. The summed E-state index contributed by atoms with van der Waals surface area (Å²) in [4.78, 5) is 17.0. The minimum atomic E-state index is -3.31. The van der Waals surface area contributed by atoms with E-state index in [0.717, 1.165) is 31.0 Å². The van der Waals surface area contributed by atoms with Crippen LogP contribution < -0.4 is 0 Å². The van der Waals surface area contributed by atoms with E-state index in [1.165, 1.54) is 25.7 Å². The second kappa shape index (κ2) is 9.14. The molecular weight excluding hydrogens is 386 g/mol. The number of carbonyl (C=O) groups excluding carboxylic acids is 1. The first-order chi connectivity index (χ1) is 14.0. The molecule has 1 aromatic carbocycles.